The number of nitrogens with one attached hydrogen (secondary N) is 3. The minimum atomic E-state index is -3.81. The number of H-pyrrole nitrogens is 1. The average Bonchev–Trinajstić information content (AvgIpc) is 2.89. The maximum absolute atomic E-state index is 12.1. The van der Waals surface area contributed by atoms with Gasteiger partial charge < -0.3 is 5.43 Å². The molecule has 0 radical (unpaired) electrons. The van der Waals surface area contributed by atoms with Crippen molar-refractivity contribution in [3.8, 4) is 0 Å². The monoisotopic (exact) mass is 348 g/mol. The number of rotatable bonds is 5. The first-order chi connectivity index (χ1) is 9.03. The maximum Gasteiger partial charge on any atom is 0.244 e. The van der Waals surface area contributed by atoms with Gasteiger partial charge in [-0.3, -0.25) is 0 Å². The Morgan fingerprint density at radius 3 is 2.89 bits per heavy atom. The minimum Gasteiger partial charge on any atom is -0.307 e. The fourth-order valence-electron chi connectivity index (χ4n) is 1.23. The summed E-state index contributed by atoms with van der Waals surface area (Å²) in [7, 11) is -3.81. The molecule has 0 saturated heterocycles. The molecular weight excluding hydrogens is 340 g/mol. The van der Waals surface area contributed by atoms with Gasteiger partial charge in [-0.15, -0.1) is 10.2 Å². The van der Waals surface area contributed by atoms with Crippen LogP contribution in [0.3, 0.4) is 0 Å². The minimum absolute atomic E-state index is 0.0313. The van der Waals surface area contributed by atoms with Gasteiger partial charge in [-0.1, -0.05) is 5.21 Å². The van der Waals surface area contributed by atoms with E-state index in [9.17, 15) is 8.42 Å². The van der Waals surface area contributed by atoms with Crippen molar-refractivity contribution in [3.63, 3.8) is 0 Å². The molecule has 0 aliphatic heterocycles. The molecule has 2 rings (SSSR count). The lowest BCUT2D eigenvalue weighted by atomic mass is 10.5. The van der Waals surface area contributed by atoms with Crippen LogP contribution in [0.25, 0.3) is 0 Å². The van der Waals surface area contributed by atoms with Crippen LogP contribution in [0.5, 0.6) is 0 Å². The zero-order valence-corrected chi connectivity index (χ0v) is 11.7. The Hall–Kier alpha value is -1.63. The molecule has 5 N–H and O–H groups in total. The zero-order valence-electron chi connectivity index (χ0n) is 9.33. The predicted molar refractivity (Wildman–Crippen MR) is 68.0 cm³/mol. The molecule has 2 aromatic rings. The van der Waals surface area contributed by atoms with E-state index in [1.807, 2.05) is 0 Å². The third kappa shape index (κ3) is 3.23. The summed E-state index contributed by atoms with van der Waals surface area (Å²) in [6.45, 7) is -0.102. The number of nitrogens with zero attached hydrogens (tertiary/aromatic N) is 4. The summed E-state index contributed by atoms with van der Waals surface area (Å²) < 4.78 is 27.0. The van der Waals surface area contributed by atoms with Gasteiger partial charge in [0.25, 0.3) is 0 Å². The maximum atomic E-state index is 12.1. The standard InChI is InChI=1S/C7H9BrN8O2S/c8-4-1-5(7(12-9)10-2-4)19(17,18)11-3-6-13-15-16-14-6/h1-2,11H,3,9H2,(H,10,12)(H,13,14,15,16). The van der Waals surface area contributed by atoms with Gasteiger partial charge in [0.1, 0.15) is 4.90 Å². The van der Waals surface area contributed by atoms with Crippen molar-refractivity contribution in [3.05, 3.63) is 22.6 Å². The second-order valence-corrected chi connectivity index (χ2v) is 5.95. The first kappa shape index (κ1) is 13.8. The predicted octanol–water partition coefficient (Wildman–Crippen LogP) is -0.879. The number of anilines is 1. The Kier molecular flexibility index (Phi) is 4.04. The molecule has 19 heavy (non-hydrogen) atoms. The number of hydrogen-bond acceptors (Lipinski definition) is 8. The molecule has 0 spiro atoms. The molecule has 0 aliphatic rings. The topological polar surface area (TPSA) is 152 Å². The lowest BCUT2D eigenvalue weighted by Crippen LogP contribution is -2.26. The van der Waals surface area contributed by atoms with Crippen LogP contribution in [0.2, 0.25) is 0 Å². The van der Waals surface area contributed by atoms with Crippen molar-refractivity contribution >= 4 is 31.8 Å². The van der Waals surface area contributed by atoms with Gasteiger partial charge in [-0.05, 0) is 22.0 Å². The molecule has 2 aromatic heterocycles. The van der Waals surface area contributed by atoms with Crippen molar-refractivity contribution in [1.29, 1.82) is 0 Å². The van der Waals surface area contributed by atoms with Crippen LogP contribution in [-0.4, -0.2) is 34.0 Å². The summed E-state index contributed by atoms with van der Waals surface area (Å²) in [5.41, 5.74) is 2.22. The lowest BCUT2D eigenvalue weighted by molar-refractivity contribution is 0.579. The molecule has 10 nitrogen and oxygen atoms in total. The van der Waals surface area contributed by atoms with Crippen LogP contribution in [-0.2, 0) is 16.6 Å². The Bertz CT molecular complexity index is 658. The van der Waals surface area contributed by atoms with Crippen LogP contribution in [0.1, 0.15) is 5.82 Å². The summed E-state index contributed by atoms with van der Waals surface area (Å²) in [5.74, 6) is 5.48. The largest absolute Gasteiger partial charge is 0.307 e. The van der Waals surface area contributed by atoms with E-state index in [4.69, 9.17) is 5.84 Å². The van der Waals surface area contributed by atoms with Crippen LogP contribution in [0.4, 0.5) is 5.82 Å². The van der Waals surface area contributed by atoms with E-state index in [1.165, 1.54) is 12.3 Å². The first-order valence-electron chi connectivity index (χ1n) is 4.87. The highest BCUT2D eigenvalue weighted by atomic mass is 79.9. The van der Waals surface area contributed by atoms with Gasteiger partial charge in [0.15, 0.2) is 11.6 Å². The highest BCUT2D eigenvalue weighted by Crippen LogP contribution is 2.21. The number of tetrazole rings is 1. The summed E-state index contributed by atoms with van der Waals surface area (Å²) >= 11 is 3.14. The van der Waals surface area contributed by atoms with Crippen molar-refractivity contribution < 1.29 is 8.42 Å². The summed E-state index contributed by atoms with van der Waals surface area (Å²) in [4.78, 5) is 3.77. The third-order valence-electron chi connectivity index (χ3n) is 2.06. The van der Waals surface area contributed by atoms with Crippen LogP contribution < -0.4 is 16.0 Å². The van der Waals surface area contributed by atoms with E-state index in [0.29, 0.717) is 4.47 Å². The van der Waals surface area contributed by atoms with Crippen molar-refractivity contribution in [1.82, 2.24) is 30.3 Å². The zero-order chi connectivity index (χ0) is 13.9. The molecule has 0 bridgehead atoms. The molecule has 12 heteroatoms. The number of hydrazine groups is 1. The quantitative estimate of drug-likeness (QED) is 0.401. The Labute approximate surface area is 116 Å². The summed E-state index contributed by atoms with van der Waals surface area (Å²) in [5, 5.41) is 12.8. The number of nitrogen functional groups attached to an aromatic ring is 1. The Morgan fingerprint density at radius 1 is 1.47 bits per heavy atom. The van der Waals surface area contributed by atoms with Gasteiger partial charge >= 0.3 is 0 Å². The number of hydrogen-bond donors (Lipinski definition) is 4. The van der Waals surface area contributed by atoms with Gasteiger partial charge in [0.05, 0.1) is 6.54 Å². The third-order valence-corrected chi connectivity index (χ3v) is 3.90. The van der Waals surface area contributed by atoms with E-state index >= 15 is 0 Å². The van der Waals surface area contributed by atoms with E-state index < -0.39 is 10.0 Å². The molecule has 0 saturated carbocycles. The van der Waals surface area contributed by atoms with Crippen LogP contribution in [0, 0.1) is 0 Å². The number of halogens is 1. The van der Waals surface area contributed by atoms with Gasteiger partial charge in [-0.2, -0.15) is 5.21 Å². The van der Waals surface area contributed by atoms with Crippen molar-refractivity contribution in [2.75, 3.05) is 5.43 Å². The Balaban J connectivity index is 2.26. The smallest absolute Gasteiger partial charge is 0.244 e. The number of nitrogens with two attached hydrogens (primary N) is 1. The fraction of sp³-hybridized carbons (Fsp3) is 0.143. The molecule has 0 unspecified atom stereocenters. The molecule has 0 fully saturated rings. The van der Waals surface area contributed by atoms with Crippen LogP contribution >= 0.6 is 15.9 Å². The van der Waals surface area contributed by atoms with E-state index in [-0.39, 0.29) is 23.1 Å². The normalized spacial score (nSPS) is 11.5. The van der Waals surface area contributed by atoms with Crippen LogP contribution in [0.15, 0.2) is 21.6 Å². The SMILES string of the molecule is NNc1ncc(Br)cc1S(=O)(=O)NCc1nn[nH]n1. The summed E-state index contributed by atoms with van der Waals surface area (Å²) in [6, 6.07) is 1.38. The number of pyridine rings is 1. The van der Waals surface area contributed by atoms with E-state index in [1.54, 1.807) is 0 Å². The molecular formula is C7H9BrN8O2S. The first-order valence-corrected chi connectivity index (χ1v) is 7.14. The fourth-order valence-corrected chi connectivity index (χ4v) is 2.83. The highest BCUT2D eigenvalue weighted by molar-refractivity contribution is 9.10. The number of aromatic nitrogens is 5. The molecule has 2 heterocycles. The Morgan fingerprint density at radius 2 is 2.26 bits per heavy atom. The average molecular weight is 349 g/mol. The van der Waals surface area contributed by atoms with Crippen molar-refractivity contribution in [2.45, 2.75) is 11.4 Å². The van der Waals surface area contributed by atoms with Gasteiger partial charge in [0.2, 0.25) is 10.0 Å². The molecule has 0 aromatic carbocycles. The summed E-state index contributed by atoms with van der Waals surface area (Å²) in [6.07, 6.45) is 1.42. The van der Waals surface area contributed by atoms with E-state index in [0.717, 1.165) is 0 Å². The van der Waals surface area contributed by atoms with Gasteiger partial charge in [-0.25, -0.2) is 24.0 Å². The van der Waals surface area contributed by atoms with Gasteiger partial charge in [0, 0.05) is 10.7 Å². The lowest BCUT2D eigenvalue weighted by Gasteiger charge is -2.09. The second-order valence-electron chi connectivity index (χ2n) is 3.30. The number of sulfonamides is 1. The van der Waals surface area contributed by atoms with E-state index in [2.05, 4.69) is 51.7 Å². The highest BCUT2D eigenvalue weighted by Gasteiger charge is 2.20. The molecule has 102 valence electrons. The molecule has 0 aliphatic carbocycles. The van der Waals surface area contributed by atoms with Crippen molar-refractivity contribution in [2.24, 2.45) is 5.84 Å². The number of aromatic amines is 1. The molecule has 0 atom stereocenters. The second kappa shape index (κ2) is 5.56. The molecule has 0 amide bonds.